The first kappa shape index (κ1) is 33.5. The van der Waals surface area contributed by atoms with Crippen LogP contribution < -0.4 is 4.84 Å². The van der Waals surface area contributed by atoms with Crippen LogP contribution in [-0.4, -0.2) is 62.9 Å². The normalized spacial score (nSPS) is 51.5. The van der Waals surface area contributed by atoms with Crippen LogP contribution in [0.2, 0.25) is 0 Å². The Morgan fingerprint density at radius 2 is 1.70 bits per heavy atom. The van der Waals surface area contributed by atoms with E-state index in [0.717, 1.165) is 70.6 Å². The minimum atomic E-state index is -0.915. The van der Waals surface area contributed by atoms with Crippen LogP contribution in [0.4, 0.5) is 0 Å². The van der Waals surface area contributed by atoms with Crippen molar-refractivity contribution in [2.24, 2.45) is 44.8 Å². The molecule has 13 atom stereocenters. The number of aliphatic hydroxyl groups excluding tert-OH is 2. The van der Waals surface area contributed by atoms with Gasteiger partial charge in [-0.25, -0.2) is 4.84 Å². The van der Waals surface area contributed by atoms with Gasteiger partial charge in [0.15, 0.2) is 0 Å². The average molecular weight is 638 g/mol. The van der Waals surface area contributed by atoms with E-state index in [1.54, 1.807) is 0 Å². The van der Waals surface area contributed by atoms with E-state index in [1.165, 1.54) is 0 Å². The molecule has 0 radical (unpaired) electrons. The molecular formula is C36H60ClNO6. The molecule has 252 valence electrons. The largest absolute Gasteiger partial charge is 0.461 e. The van der Waals surface area contributed by atoms with Gasteiger partial charge in [0, 0.05) is 11.3 Å². The summed E-state index contributed by atoms with van der Waals surface area (Å²) in [4.78, 5) is 15.8. The van der Waals surface area contributed by atoms with Crippen molar-refractivity contribution in [3.63, 3.8) is 0 Å². The average Bonchev–Trinajstić information content (AvgIpc) is 3.27. The second-order valence-corrected chi connectivity index (χ2v) is 18.3. The predicted molar refractivity (Wildman–Crippen MR) is 171 cm³/mol. The van der Waals surface area contributed by atoms with Crippen molar-refractivity contribution in [3.05, 3.63) is 0 Å². The van der Waals surface area contributed by atoms with Crippen molar-refractivity contribution in [2.45, 2.75) is 174 Å². The Bertz CT molecular complexity index is 1140. The number of esters is 1. The van der Waals surface area contributed by atoms with E-state index in [9.17, 15) is 20.1 Å². The first-order valence-corrected chi connectivity index (χ1v) is 18.1. The lowest BCUT2D eigenvalue weighted by molar-refractivity contribution is -0.218. The molecule has 0 amide bonds. The van der Waals surface area contributed by atoms with Gasteiger partial charge in [-0.1, -0.05) is 47.5 Å². The number of rotatable bonds is 8. The van der Waals surface area contributed by atoms with E-state index in [2.05, 4.69) is 46.4 Å². The van der Waals surface area contributed by atoms with Crippen molar-refractivity contribution in [1.82, 2.24) is 4.84 Å². The molecule has 6 rings (SSSR count). The minimum absolute atomic E-state index is 0.0166. The summed E-state index contributed by atoms with van der Waals surface area (Å²) in [7, 11) is 0. The van der Waals surface area contributed by atoms with Crippen LogP contribution in [-0.2, 0) is 14.3 Å². The maximum atomic E-state index is 13.2. The fraction of sp³-hybridized carbons (Fsp3) is 0.972. The van der Waals surface area contributed by atoms with Gasteiger partial charge in [-0.05, 0) is 130 Å². The summed E-state index contributed by atoms with van der Waals surface area (Å²) in [6.45, 7) is 17.2. The zero-order chi connectivity index (χ0) is 32.3. The standard InChI is InChI=1S/C36H60ClNO6/c1-9-10-11-21(38-37)29(41)43-25-13-15-36-20-35(36)17-16-32(6)28(34(8)14-12-26(44-34)31(4,5)42)23(40)19-33(32,7)24(35)18-22(39)27(36)30(25,2)3/h21-28,38-40,42H,9-20H2,1-8H3/t21-,22-,23-,24?,25-,26-,27-,28-,32+,33-,34+,35?,36+/m0/s1. The number of aliphatic hydroxyl groups is 3. The second-order valence-electron chi connectivity index (χ2n) is 18.1. The Morgan fingerprint density at radius 3 is 2.32 bits per heavy atom. The quantitative estimate of drug-likeness (QED) is 0.183. The third-order valence-electron chi connectivity index (χ3n) is 15.3. The van der Waals surface area contributed by atoms with Crippen LogP contribution in [0.15, 0.2) is 0 Å². The van der Waals surface area contributed by atoms with Gasteiger partial charge in [-0.15, -0.1) is 0 Å². The number of carbonyl (C=O) groups excluding carboxylic acids is 1. The van der Waals surface area contributed by atoms with E-state index < -0.39 is 29.5 Å². The third kappa shape index (κ3) is 4.41. The van der Waals surface area contributed by atoms with Crippen LogP contribution >= 0.6 is 11.8 Å². The van der Waals surface area contributed by atoms with Crippen LogP contribution in [0, 0.1) is 44.8 Å². The molecule has 6 fully saturated rings. The smallest absolute Gasteiger partial charge is 0.324 e. The summed E-state index contributed by atoms with van der Waals surface area (Å²) in [6.07, 6.45) is 9.24. The van der Waals surface area contributed by atoms with Crippen molar-refractivity contribution in [1.29, 1.82) is 0 Å². The van der Waals surface area contributed by atoms with Crippen molar-refractivity contribution >= 4 is 17.7 Å². The lowest BCUT2D eigenvalue weighted by Crippen LogP contribution is -2.62. The Hall–Kier alpha value is -0.440. The molecule has 0 aromatic rings. The summed E-state index contributed by atoms with van der Waals surface area (Å²) in [5.74, 6) is 0.0901. The fourth-order valence-electron chi connectivity index (χ4n) is 13.2. The van der Waals surface area contributed by atoms with Gasteiger partial charge in [0.1, 0.15) is 12.1 Å². The highest BCUT2D eigenvalue weighted by Gasteiger charge is 2.85. The minimum Gasteiger partial charge on any atom is -0.461 e. The van der Waals surface area contributed by atoms with Gasteiger partial charge in [-0.3, -0.25) is 4.79 Å². The lowest BCUT2D eigenvalue weighted by Gasteiger charge is -2.64. The highest BCUT2D eigenvalue weighted by Crippen LogP contribution is 2.89. The van der Waals surface area contributed by atoms with Gasteiger partial charge in [0.25, 0.3) is 0 Å². The maximum absolute atomic E-state index is 13.2. The first-order chi connectivity index (χ1) is 20.4. The Labute approximate surface area is 270 Å². The predicted octanol–water partition coefficient (Wildman–Crippen LogP) is 6.29. The Balaban J connectivity index is 1.26. The van der Waals surface area contributed by atoms with Crippen molar-refractivity contribution in [3.8, 4) is 0 Å². The molecule has 1 saturated heterocycles. The molecule has 0 aromatic heterocycles. The van der Waals surface area contributed by atoms with E-state index in [1.807, 2.05) is 13.8 Å². The zero-order valence-corrected chi connectivity index (χ0v) is 29.3. The molecule has 5 aliphatic carbocycles. The molecule has 1 aliphatic heterocycles. The number of nitrogens with one attached hydrogen (secondary N) is 1. The molecule has 0 bridgehead atoms. The number of hydrogen-bond donors (Lipinski definition) is 4. The molecule has 8 heteroatoms. The highest BCUT2D eigenvalue weighted by molar-refractivity contribution is 6.14. The summed E-state index contributed by atoms with van der Waals surface area (Å²) in [5.41, 5.74) is -1.83. The van der Waals surface area contributed by atoms with Crippen LogP contribution in [0.1, 0.15) is 132 Å². The van der Waals surface area contributed by atoms with E-state index in [4.69, 9.17) is 21.3 Å². The summed E-state index contributed by atoms with van der Waals surface area (Å²) >= 11 is 5.96. The summed E-state index contributed by atoms with van der Waals surface area (Å²) < 4.78 is 12.9. The van der Waals surface area contributed by atoms with Crippen LogP contribution in [0.25, 0.3) is 0 Å². The fourth-order valence-corrected chi connectivity index (χ4v) is 13.4. The lowest BCUT2D eigenvalue weighted by atomic mass is 9.41. The SMILES string of the molecule is CCCC[C@H](NCl)C(=O)O[C@H]1CC[C@]23CC24CC[C@]2(C)[C@@H]([C@@]5(C)CC[C@@H](C(C)(C)O)O5)[C@@H](O)C[C@@]2(C)C4C[C@H](O)[C@H]3C1(C)C. The molecular weight excluding hydrogens is 578 g/mol. The highest BCUT2D eigenvalue weighted by atomic mass is 35.5. The molecule has 44 heavy (non-hydrogen) atoms. The number of hydrogen-bond acceptors (Lipinski definition) is 7. The summed E-state index contributed by atoms with van der Waals surface area (Å²) in [6, 6.07) is -0.515. The van der Waals surface area contributed by atoms with Gasteiger partial charge in [0.05, 0.1) is 29.5 Å². The van der Waals surface area contributed by atoms with Gasteiger partial charge in [-0.2, -0.15) is 0 Å². The molecule has 1 heterocycles. The second kappa shape index (κ2) is 10.5. The monoisotopic (exact) mass is 637 g/mol. The maximum Gasteiger partial charge on any atom is 0.324 e. The molecule has 7 nitrogen and oxygen atoms in total. The van der Waals surface area contributed by atoms with Gasteiger partial charge in [0.2, 0.25) is 0 Å². The molecule has 0 aromatic carbocycles. The van der Waals surface area contributed by atoms with Crippen LogP contribution in [0.3, 0.4) is 0 Å². The molecule has 2 unspecified atom stereocenters. The number of ether oxygens (including phenoxy) is 2. The number of carbonyl (C=O) groups is 1. The topological polar surface area (TPSA) is 108 Å². The van der Waals surface area contributed by atoms with Gasteiger partial charge >= 0.3 is 5.97 Å². The Kier molecular flexibility index (Phi) is 8.01. The van der Waals surface area contributed by atoms with Crippen LogP contribution in [0.5, 0.6) is 0 Å². The molecule has 2 spiro atoms. The van der Waals surface area contributed by atoms with Crippen molar-refractivity contribution in [2.75, 3.05) is 0 Å². The number of halogens is 1. The van der Waals surface area contributed by atoms with E-state index in [0.29, 0.717) is 12.3 Å². The third-order valence-corrected chi connectivity index (χ3v) is 15.5. The zero-order valence-electron chi connectivity index (χ0n) is 28.5. The first-order valence-electron chi connectivity index (χ1n) is 17.7. The number of fused-ring (bicyclic) bond motifs is 2. The molecule has 5 saturated carbocycles. The van der Waals surface area contributed by atoms with Crippen molar-refractivity contribution < 1.29 is 29.6 Å². The van der Waals surface area contributed by atoms with Gasteiger partial charge < -0.3 is 24.8 Å². The molecule has 6 aliphatic rings. The van der Waals surface area contributed by atoms with E-state index >= 15 is 0 Å². The summed E-state index contributed by atoms with van der Waals surface area (Å²) in [5, 5.41) is 34.8. The van der Waals surface area contributed by atoms with E-state index in [-0.39, 0.29) is 57.1 Å². The molecule has 4 N–H and O–H groups in total. The Morgan fingerprint density at radius 1 is 1.00 bits per heavy atom. The number of unbranched alkanes of at least 4 members (excludes halogenated alkanes) is 1.